The van der Waals surface area contributed by atoms with Crippen molar-refractivity contribution < 1.29 is 4.79 Å². The molecule has 0 aromatic carbocycles. The van der Waals surface area contributed by atoms with Crippen LogP contribution in [0.3, 0.4) is 0 Å². The van der Waals surface area contributed by atoms with Crippen molar-refractivity contribution >= 4 is 22.4 Å². The van der Waals surface area contributed by atoms with Gasteiger partial charge in [0.05, 0.1) is 0 Å². The molecule has 1 aromatic heterocycles. The second-order valence-electron chi connectivity index (χ2n) is 5.16. The van der Waals surface area contributed by atoms with E-state index >= 15 is 0 Å². The van der Waals surface area contributed by atoms with Crippen LogP contribution in [0.25, 0.3) is 0 Å². The molecule has 2 atom stereocenters. The molecular weight excluding hydrogens is 248 g/mol. The van der Waals surface area contributed by atoms with E-state index in [1.165, 1.54) is 24.2 Å². The Hall–Kier alpha value is -1.14. The second-order valence-corrected chi connectivity index (χ2v) is 6.05. The van der Waals surface area contributed by atoms with Gasteiger partial charge in [0.2, 0.25) is 0 Å². The summed E-state index contributed by atoms with van der Waals surface area (Å²) in [5, 5.41) is 2.22. The largest absolute Gasteiger partial charge is 0.375 e. The summed E-state index contributed by atoms with van der Waals surface area (Å²) in [4.78, 5) is 20.8. The van der Waals surface area contributed by atoms with Crippen molar-refractivity contribution in [3.8, 4) is 0 Å². The predicted octanol–water partition coefficient (Wildman–Crippen LogP) is 1.03. The molecule has 1 amide bonds. The van der Waals surface area contributed by atoms with Crippen molar-refractivity contribution in [2.45, 2.75) is 31.3 Å². The average molecular weight is 266 g/mol. The molecule has 0 aliphatic carbocycles. The lowest BCUT2D eigenvalue weighted by molar-refractivity contribution is 0.0735. The molecule has 2 saturated heterocycles. The van der Waals surface area contributed by atoms with Crippen molar-refractivity contribution in [2.75, 3.05) is 25.9 Å². The lowest BCUT2D eigenvalue weighted by Gasteiger charge is -2.25. The van der Waals surface area contributed by atoms with Crippen LogP contribution in [0, 0.1) is 0 Å². The van der Waals surface area contributed by atoms with Crippen LogP contribution >= 0.6 is 11.3 Å². The van der Waals surface area contributed by atoms with E-state index in [-0.39, 0.29) is 5.91 Å². The number of carbonyl (C=O) groups excluding carboxylic acids is 1. The Morgan fingerprint density at radius 1 is 1.44 bits per heavy atom. The van der Waals surface area contributed by atoms with Crippen molar-refractivity contribution in [1.82, 2.24) is 14.8 Å². The fourth-order valence-electron chi connectivity index (χ4n) is 3.04. The average Bonchev–Trinajstić information content (AvgIpc) is 2.84. The number of likely N-dealkylation sites (N-methyl/N-ethyl adjacent to an activating group) is 1. The van der Waals surface area contributed by atoms with Crippen LogP contribution in [-0.4, -0.2) is 52.9 Å². The van der Waals surface area contributed by atoms with Crippen LogP contribution in [0.1, 0.15) is 29.8 Å². The zero-order valence-electron chi connectivity index (χ0n) is 10.5. The van der Waals surface area contributed by atoms with Crippen LogP contribution in [0.4, 0.5) is 5.13 Å². The summed E-state index contributed by atoms with van der Waals surface area (Å²) >= 11 is 1.33. The molecule has 98 valence electrons. The molecule has 2 unspecified atom stereocenters. The van der Waals surface area contributed by atoms with Gasteiger partial charge in [0.15, 0.2) is 5.13 Å². The first kappa shape index (κ1) is 11.9. The van der Waals surface area contributed by atoms with Gasteiger partial charge in [0.25, 0.3) is 5.91 Å². The highest BCUT2D eigenvalue weighted by molar-refractivity contribution is 7.13. The zero-order valence-corrected chi connectivity index (χ0v) is 11.3. The van der Waals surface area contributed by atoms with E-state index in [0.29, 0.717) is 22.9 Å². The number of amides is 1. The second kappa shape index (κ2) is 4.51. The normalized spacial score (nSPS) is 28.4. The topological polar surface area (TPSA) is 62.5 Å². The quantitative estimate of drug-likeness (QED) is 0.825. The van der Waals surface area contributed by atoms with Gasteiger partial charge in [0.1, 0.15) is 5.69 Å². The van der Waals surface area contributed by atoms with Crippen LogP contribution < -0.4 is 5.73 Å². The number of nitrogen functional groups attached to an aromatic ring is 1. The Kier molecular flexibility index (Phi) is 2.99. The van der Waals surface area contributed by atoms with E-state index in [9.17, 15) is 4.79 Å². The SMILES string of the molecule is CN1C2CCC1CN(C(=O)c1csc(N)n1)CC2. The molecular formula is C12H18N4OS. The minimum atomic E-state index is 0.0314. The number of hydrogen-bond donors (Lipinski definition) is 1. The molecule has 2 fully saturated rings. The van der Waals surface area contributed by atoms with Gasteiger partial charge < -0.3 is 10.6 Å². The molecule has 3 heterocycles. The molecule has 5 nitrogen and oxygen atoms in total. The van der Waals surface area contributed by atoms with Gasteiger partial charge in [-0.2, -0.15) is 0 Å². The molecule has 3 rings (SSSR count). The number of carbonyl (C=O) groups is 1. The van der Waals surface area contributed by atoms with E-state index in [1.807, 2.05) is 4.90 Å². The monoisotopic (exact) mass is 266 g/mol. The van der Waals surface area contributed by atoms with Crippen LogP contribution in [0.5, 0.6) is 0 Å². The third-order valence-electron chi connectivity index (χ3n) is 4.18. The number of anilines is 1. The minimum absolute atomic E-state index is 0.0314. The Morgan fingerprint density at radius 3 is 2.94 bits per heavy atom. The summed E-state index contributed by atoms with van der Waals surface area (Å²) in [7, 11) is 2.18. The Labute approximate surface area is 111 Å². The Morgan fingerprint density at radius 2 is 2.22 bits per heavy atom. The molecule has 0 radical (unpaired) electrons. The Bertz CT molecular complexity index is 461. The van der Waals surface area contributed by atoms with Gasteiger partial charge in [-0.1, -0.05) is 0 Å². The van der Waals surface area contributed by atoms with Crippen molar-refractivity contribution in [1.29, 1.82) is 0 Å². The summed E-state index contributed by atoms with van der Waals surface area (Å²) in [6.45, 7) is 1.66. The zero-order chi connectivity index (χ0) is 12.7. The van der Waals surface area contributed by atoms with Gasteiger partial charge in [-0.25, -0.2) is 4.98 Å². The standard InChI is InChI=1S/C12H18N4OS/c1-15-8-2-3-9(15)6-16(5-4-8)11(17)10-7-18-12(13)14-10/h7-9H,2-6H2,1H3,(H2,13,14). The van der Waals surface area contributed by atoms with Crippen molar-refractivity contribution in [3.05, 3.63) is 11.1 Å². The maximum atomic E-state index is 12.3. The van der Waals surface area contributed by atoms with Gasteiger partial charge in [-0.3, -0.25) is 9.69 Å². The van der Waals surface area contributed by atoms with E-state index in [1.54, 1.807) is 5.38 Å². The number of likely N-dealkylation sites (tertiary alicyclic amines) is 1. The summed E-state index contributed by atoms with van der Waals surface area (Å²) in [6, 6.07) is 1.16. The van der Waals surface area contributed by atoms with Crippen LogP contribution in [0.15, 0.2) is 5.38 Å². The van der Waals surface area contributed by atoms with Crippen molar-refractivity contribution in [2.24, 2.45) is 0 Å². The Balaban J connectivity index is 1.75. The number of hydrogen-bond acceptors (Lipinski definition) is 5. The highest BCUT2D eigenvalue weighted by atomic mass is 32.1. The van der Waals surface area contributed by atoms with Gasteiger partial charge >= 0.3 is 0 Å². The first-order valence-electron chi connectivity index (χ1n) is 6.37. The predicted molar refractivity (Wildman–Crippen MR) is 71.6 cm³/mol. The highest BCUT2D eigenvalue weighted by Crippen LogP contribution is 2.29. The first-order chi connectivity index (χ1) is 8.65. The molecule has 18 heavy (non-hydrogen) atoms. The molecule has 1 aromatic rings. The molecule has 2 N–H and O–H groups in total. The van der Waals surface area contributed by atoms with Gasteiger partial charge in [-0.05, 0) is 26.3 Å². The molecule has 2 bridgehead atoms. The third kappa shape index (κ3) is 1.99. The van der Waals surface area contributed by atoms with E-state index in [4.69, 9.17) is 5.73 Å². The summed E-state index contributed by atoms with van der Waals surface area (Å²) in [5.41, 5.74) is 6.09. The fraction of sp³-hybridized carbons (Fsp3) is 0.667. The number of rotatable bonds is 1. The molecule has 0 saturated carbocycles. The number of aromatic nitrogens is 1. The lowest BCUT2D eigenvalue weighted by atomic mass is 10.1. The van der Waals surface area contributed by atoms with Crippen LogP contribution in [0.2, 0.25) is 0 Å². The number of nitrogens with two attached hydrogens (primary N) is 1. The van der Waals surface area contributed by atoms with Crippen molar-refractivity contribution in [3.63, 3.8) is 0 Å². The number of fused-ring (bicyclic) bond motifs is 2. The van der Waals surface area contributed by atoms with E-state index in [2.05, 4.69) is 16.9 Å². The number of thiazole rings is 1. The van der Waals surface area contributed by atoms with Crippen LogP contribution in [-0.2, 0) is 0 Å². The van der Waals surface area contributed by atoms with Gasteiger partial charge in [0, 0.05) is 30.6 Å². The fourth-order valence-corrected chi connectivity index (χ4v) is 3.58. The molecule has 2 aliphatic heterocycles. The summed E-state index contributed by atoms with van der Waals surface area (Å²) in [5.74, 6) is 0.0314. The lowest BCUT2D eigenvalue weighted by Crippen LogP contribution is -2.39. The molecule has 2 aliphatic rings. The maximum absolute atomic E-state index is 12.3. The minimum Gasteiger partial charge on any atom is -0.375 e. The number of nitrogens with zero attached hydrogens (tertiary/aromatic N) is 3. The first-order valence-corrected chi connectivity index (χ1v) is 7.25. The molecule has 6 heteroatoms. The smallest absolute Gasteiger partial charge is 0.273 e. The highest BCUT2D eigenvalue weighted by Gasteiger charge is 2.36. The van der Waals surface area contributed by atoms with E-state index < -0.39 is 0 Å². The summed E-state index contributed by atoms with van der Waals surface area (Å²) < 4.78 is 0. The van der Waals surface area contributed by atoms with E-state index in [0.717, 1.165) is 19.5 Å². The third-order valence-corrected chi connectivity index (χ3v) is 4.85. The van der Waals surface area contributed by atoms with Gasteiger partial charge in [-0.15, -0.1) is 11.3 Å². The summed E-state index contributed by atoms with van der Waals surface area (Å²) in [6.07, 6.45) is 3.54. The molecule has 0 spiro atoms. The maximum Gasteiger partial charge on any atom is 0.273 e.